The van der Waals surface area contributed by atoms with Gasteiger partial charge in [-0.3, -0.25) is 0 Å². The first-order chi connectivity index (χ1) is 4.66. The van der Waals surface area contributed by atoms with Crippen molar-refractivity contribution in [2.75, 3.05) is 6.13 Å². The van der Waals surface area contributed by atoms with Gasteiger partial charge in [-0.2, -0.15) is 22.0 Å². The van der Waals surface area contributed by atoms with Crippen LogP contribution in [0, 0.1) is 0 Å². The highest BCUT2D eigenvalue weighted by atomic mass is 35.5. The number of halogens is 8. The van der Waals surface area contributed by atoms with Crippen molar-refractivity contribution in [3.63, 3.8) is 0 Å². The minimum absolute atomic E-state index is 0.778. The Hall–Kier alpha value is 0.160. The maximum Gasteiger partial charge on any atom is 0.469 e. The molecule has 0 aliphatic rings. The second kappa shape index (κ2) is 4.92. The summed E-state index contributed by atoms with van der Waals surface area (Å²) in [5.74, 6) is 0. The smallest absolute Gasteiger partial charge is 0.234 e. The lowest BCUT2D eigenvalue weighted by molar-refractivity contribution is -0.241. The lowest BCUT2D eigenvalue weighted by Gasteiger charge is -2.10. The molecule has 0 rings (SSSR count). The second-order valence-corrected chi connectivity index (χ2v) is 1.77. The van der Waals surface area contributed by atoms with Gasteiger partial charge in [0.1, 0.15) is 0 Å². The van der Waals surface area contributed by atoms with E-state index in [1.165, 1.54) is 0 Å². The molecule has 11 heavy (non-hydrogen) atoms. The molecular weight excluding hydrogens is 221 g/mol. The molecule has 0 amide bonds. The zero-order valence-corrected chi connectivity index (χ0v) is 6.24. The van der Waals surface area contributed by atoms with Crippen molar-refractivity contribution >= 4 is 23.2 Å². The standard InChI is InChI=1S/C2ClF5.CH2ClF/c3-1(4,5)2(6,7)8;2-1-3/h;1H2. The maximum absolute atomic E-state index is 10.9. The van der Waals surface area contributed by atoms with E-state index in [-0.39, 0.29) is 0 Å². The number of hydrogen-bond donors (Lipinski definition) is 0. The summed E-state index contributed by atoms with van der Waals surface area (Å²) >= 11 is 7.88. The van der Waals surface area contributed by atoms with Gasteiger partial charge >= 0.3 is 11.6 Å². The zero-order chi connectivity index (χ0) is 9.71. The Morgan fingerprint density at radius 3 is 1.09 bits per heavy atom. The van der Waals surface area contributed by atoms with Crippen LogP contribution in [0.5, 0.6) is 0 Å². The first-order valence-electron chi connectivity index (χ1n) is 1.92. The summed E-state index contributed by atoms with van der Waals surface area (Å²) in [4.78, 5) is 0. The van der Waals surface area contributed by atoms with Crippen molar-refractivity contribution in [3.05, 3.63) is 0 Å². The monoisotopic (exact) mass is 222 g/mol. The van der Waals surface area contributed by atoms with E-state index in [0.29, 0.717) is 0 Å². The van der Waals surface area contributed by atoms with E-state index in [0.717, 1.165) is 0 Å². The average Bonchev–Trinajstić information content (AvgIpc) is 1.60. The molecule has 0 aliphatic heterocycles. The van der Waals surface area contributed by atoms with E-state index in [2.05, 4.69) is 23.2 Å². The molecule has 0 atom stereocenters. The summed E-state index contributed by atoms with van der Waals surface area (Å²) in [6.07, 6.45) is -6.41. The molecule has 0 aromatic rings. The maximum atomic E-state index is 10.9. The molecule has 8 heteroatoms. The molecule has 0 unspecified atom stereocenters. The average molecular weight is 223 g/mol. The van der Waals surface area contributed by atoms with Crippen LogP contribution >= 0.6 is 23.2 Å². The van der Waals surface area contributed by atoms with Crippen LogP contribution in [0.4, 0.5) is 26.3 Å². The third-order valence-corrected chi connectivity index (χ3v) is 0.536. The molecular formula is C3H2Cl2F6. The summed E-state index contributed by atoms with van der Waals surface area (Å²) in [6.45, 7) is 0. The number of hydrogen-bond acceptors (Lipinski definition) is 0. The van der Waals surface area contributed by atoms with Crippen LogP contribution in [0.25, 0.3) is 0 Å². The third-order valence-electron chi connectivity index (χ3n) is 0.321. The largest absolute Gasteiger partial charge is 0.469 e. The van der Waals surface area contributed by atoms with Crippen LogP contribution in [-0.2, 0) is 0 Å². The highest BCUT2D eigenvalue weighted by Crippen LogP contribution is 2.38. The zero-order valence-electron chi connectivity index (χ0n) is 4.73. The Balaban J connectivity index is 0. The Kier molecular flexibility index (Phi) is 6.14. The van der Waals surface area contributed by atoms with Gasteiger partial charge in [-0.05, 0) is 11.6 Å². The molecule has 0 N–H and O–H groups in total. The molecule has 0 bridgehead atoms. The summed E-state index contributed by atoms with van der Waals surface area (Å²) in [5, 5.41) is -5.09. The molecule has 0 aliphatic carbocycles. The van der Waals surface area contributed by atoms with Gasteiger partial charge in [-0.15, -0.1) is 0 Å². The number of alkyl halides is 8. The van der Waals surface area contributed by atoms with Gasteiger partial charge in [-0.25, -0.2) is 4.39 Å². The number of rotatable bonds is 0. The fourth-order valence-electron chi connectivity index (χ4n) is 0. The first-order valence-corrected chi connectivity index (χ1v) is 2.83. The topological polar surface area (TPSA) is 0 Å². The van der Waals surface area contributed by atoms with Crippen LogP contribution in [0.3, 0.4) is 0 Å². The van der Waals surface area contributed by atoms with Crippen molar-refractivity contribution in [2.45, 2.75) is 11.6 Å². The molecule has 0 aromatic heterocycles. The van der Waals surface area contributed by atoms with Crippen LogP contribution in [0.15, 0.2) is 0 Å². The summed E-state index contributed by atoms with van der Waals surface area (Å²) in [6, 6.07) is 0. The molecule has 0 spiro atoms. The van der Waals surface area contributed by atoms with Crippen molar-refractivity contribution in [2.24, 2.45) is 0 Å². The first kappa shape index (κ1) is 13.7. The fraction of sp³-hybridized carbons (Fsp3) is 1.00. The summed E-state index contributed by atoms with van der Waals surface area (Å²) < 4.78 is 63.8. The summed E-state index contributed by atoms with van der Waals surface area (Å²) in [7, 11) is 0. The fourth-order valence-corrected chi connectivity index (χ4v) is 0. The quantitative estimate of drug-likeness (QED) is 0.435. The Morgan fingerprint density at radius 1 is 1.00 bits per heavy atom. The Labute approximate surface area is 68.1 Å². The molecule has 0 nitrogen and oxygen atoms in total. The Bertz CT molecular complexity index is 81.0. The van der Waals surface area contributed by atoms with Crippen molar-refractivity contribution < 1.29 is 26.3 Å². The molecule has 0 fully saturated rings. The van der Waals surface area contributed by atoms with E-state index in [1.54, 1.807) is 0 Å². The SMILES string of the molecule is FC(F)(F)C(F)(F)Cl.FCCl. The van der Waals surface area contributed by atoms with Crippen molar-refractivity contribution in [1.29, 1.82) is 0 Å². The predicted molar refractivity (Wildman–Crippen MR) is 28.7 cm³/mol. The van der Waals surface area contributed by atoms with Crippen molar-refractivity contribution in [1.82, 2.24) is 0 Å². The lowest BCUT2D eigenvalue weighted by atomic mass is 10.7. The minimum atomic E-state index is -5.63. The van der Waals surface area contributed by atoms with E-state index < -0.39 is 17.7 Å². The predicted octanol–water partition coefficient (Wildman–Crippen LogP) is 3.53. The third kappa shape index (κ3) is 8.06. The molecule has 0 radical (unpaired) electrons. The van der Waals surface area contributed by atoms with E-state index in [4.69, 9.17) is 0 Å². The molecule has 0 heterocycles. The van der Waals surface area contributed by atoms with Gasteiger partial charge in [0.15, 0.2) is 6.13 Å². The minimum Gasteiger partial charge on any atom is -0.234 e. The van der Waals surface area contributed by atoms with E-state index in [9.17, 15) is 26.3 Å². The molecule has 0 saturated heterocycles. The van der Waals surface area contributed by atoms with Crippen LogP contribution < -0.4 is 0 Å². The van der Waals surface area contributed by atoms with Gasteiger partial charge in [-0.1, -0.05) is 11.6 Å². The highest BCUT2D eigenvalue weighted by molar-refractivity contribution is 6.22. The van der Waals surface area contributed by atoms with Crippen molar-refractivity contribution in [3.8, 4) is 0 Å². The normalized spacial score (nSPS) is 12.0. The van der Waals surface area contributed by atoms with E-state index in [1.807, 2.05) is 0 Å². The van der Waals surface area contributed by atoms with Gasteiger partial charge in [0, 0.05) is 0 Å². The summed E-state index contributed by atoms with van der Waals surface area (Å²) in [5.41, 5.74) is 0. The van der Waals surface area contributed by atoms with Crippen LogP contribution in [-0.4, -0.2) is 17.7 Å². The van der Waals surface area contributed by atoms with Crippen LogP contribution in [0.1, 0.15) is 0 Å². The molecule has 0 saturated carbocycles. The van der Waals surface area contributed by atoms with Crippen LogP contribution in [0.2, 0.25) is 0 Å². The second-order valence-electron chi connectivity index (χ2n) is 1.10. The van der Waals surface area contributed by atoms with Gasteiger partial charge < -0.3 is 0 Å². The molecule has 70 valence electrons. The van der Waals surface area contributed by atoms with E-state index >= 15 is 0 Å². The lowest BCUT2D eigenvalue weighted by Crippen LogP contribution is -2.29. The Morgan fingerprint density at radius 2 is 1.09 bits per heavy atom. The highest BCUT2D eigenvalue weighted by Gasteiger charge is 2.56. The molecule has 0 aromatic carbocycles. The van der Waals surface area contributed by atoms with Gasteiger partial charge in [0.25, 0.3) is 0 Å². The van der Waals surface area contributed by atoms with Gasteiger partial charge in [0.2, 0.25) is 0 Å². The van der Waals surface area contributed by atoms with Gasteiger partial charge in [0.05, 0.1) is 0 Å².